The Morgan fingerprint density at radius 3 is 2.78 bits per heavy atom. The Bertz CT molecular complexity index is 888. The number of hydrogen-bond donors (Lipinski definition) is 2. The van der Waals surface area contributed by atoms with Crippen molar-refractivity contribution in [3.8, 4) is 5.75 Å². The second-order valence-corrected chi connectivity index (χ2v) is 6.93. The highest BCUT2D eigenvalue weighted by atomic mass is 35.5. The predicted molar refractivity (Wildman–Crippen MR) is 105 cm³/mol. The van der Waals surface area contributed by atoms with E-state index in [4.69, 9.17) is 20.8 Å². The molecule has 0 spiro atoms. The van der Waals surface area contributed by atoms with Crippen molar-refractivity contribution in [1.82, 2.24) is 5.32 Å². The van der Waals surface area contributed by atoms with Crippen LogP contribution in [0.1, 0.15) is 47.4 Å². The third-order valence-corrected chi connectivity index (χ3v) is 4.94. The Labute approximate surface area is 162 Å². The summed E-state index contributed by atoms with van der Waals surface area (Å²) in [5.74, 6) is 0.685. The maximum atomic E-state index is 12.7. The van der Waals surface area contributed by atoms with Crippen LogP contribution >= 0.6 is 11.6 Å². The summed E-state index contributed by atoms with van der Waals surface area (Å²) < 4.78 is 11.0. The van der Waals surface area contributed by atoms with Gasteiger partial charge >= 0.3 is 5.63 Å². The maximum absolute atomic E-state index is 12.7. The Kier molecular flexibility index (Phi) is 6.19. The molecule has 144 valence electrons. The van der Waals surface area contributed by atoms with Gasteiger partial charge in [-0.2, -0.15) is 0 Å². The molecule has 7 heteroatoms. The molecule has 2 N–H and O–H groups in total. The van der Waals surface area contributed by atoms with Crippen molar-refractivity contribution in [3.63, 3.8) is 0 Å². The minimum Gasteiger partial charge on any atom is -0.490 e. The number of anilines is 1. The van der Waals surface area contributed by atoms with Gasteiger partial charge in [0.25, 0.3) is 5.91 Å². The number of para-hydroxylation sites is 1. The molecule has 2 aromatic rings. The monoisotopic (exact) mass is 390 g/mol. The Balaban J connectivity index is 1.87. The van der Waals surface area contributed by atoms with Crippen LogP contribution < -0.4 is 21.0 Å². The third kappa shape index (κ3) is 4.34. The van der Waals surface area contributed by atoms with E-state index in [2.05, 4.69) is 10.6 Å². The first-order valence-corrected chi connectivity index (χ1v) is 9.47. The molecule has 0 bridgehead atoms. The lowest BCUT2D eigenvalue weighted by atomic mass is 9.94. The first kappa shape index (κ1) is 19.5. The van der Waals surface area contributed by atoms with Gasteiger partial charge in [0.05, 0.1) is 17.3 Å². The molecule has 1 saturated heterocycles. The van der Waals surface area contributed by atoms with Gasteiger partial charge in [0.2, 0.25) is 0 Å². The standard InChI is InChI=1S/C20H23ClN2O4/c1-3-26-18-14(21)5-4-6-15(18)23-19(24)17-12(2)11-16(27-20(17)25)13-7-9-22-10-8-13/h4-6,11,13,22H,3,7-10H2,1-2H3,(H,23,24). The zero-order valence-corrected chi connectivity index (χ0v) is 16.2. The van der Waals surface area contributed by atoms with Crippen LogP contribution in [0.4, 0.5) is 5.69 Å². The summed E-state index contributed by atoms with van der Waals surface area (Å²) in [6, 6.07) is 6.86. The number of carbonyl (C=O) groups is 1. The van der Waals surface area contributed by atoms with E-state index in [9.17, 15) is 9.59 Å². The number of benzene rings is 1. The number of nitrogens with one attached hydrogen (secondary N) is 2. The van der Waals surface area contributed by atoms with E-state index in [0.717, 1.165) is 25.9 Å². The van der Waals surface area contributed by atoms with Gasteiger partial charge in [0.15, 0.2) is 5.75 Å². The van der Waals surface area contributed by atoms with Gasteiger partial charge in [-0.15, -0.1) is 0 Å². The van der Waals surface area contributed by atoms with Crippen molar-refractivity contribution in [2.45, 2.75) is 32.6 Å². The lowest BCUT2D eigenvalue weighted by Crippen LogP contribution is -2.28. The molecular weight excluding hydrogens is 368 g/mol. The van der Waals surface area contributed by atoms with E-state index in [1.165, 1.54) is 0 Å². The Morgan fingerprint density at radius 2 is 2.11 bits per heavy atom. The van der Waals surface area contributed by atoms with Crippen LogP contribution in [0.3, 0.4) is 0 Å². The molecule has 1 aliphatic rings. The van der Waals surface area contributed by atoms with Crippen molar-refractivity contribution >= 4 is 23.2 Å². The molecule has 3 rings (SSSR count). The van der Waals surface area contributed by atoms with Crippen molar-refractivity contribution < 1.29 is 13.9 Å². The van der Waals surface area contributed by atoms with Crippen LogP contribution in [0.2, 0.25) is 5.02 Å². The number of carbonyl (C=O) groups excluding carboxylic acids is 1. The van der Waals surface area contributed by atoms with E-state index in [-0.39, 0.29) is 11.5 Å². The SMILES string of the molecule is CCOc1c(Cl)cccc1NC(=O)c1c(C)cc(C2CCNCC2)oc1=O. The average Bonchev–Trinajstić information content (AvgIpc) is 2.64. The highest BCUT2D eigenvalue weighted by Gasteiger charge is 2.23. The highest BCUT2D eigenvalue weighted by molar-refractivity contribution is 6.32. The lowest BCUT2D eigenvalue weighted by Gasteiger charge is -2.22. The summed E-state index contributed by atoms with van der Waals surface area (Å²) in [7, 11) is 0. The number of rotatable bonds is 5. The fourth-order valence-corrected chi connectivity index (χ4v) is 3.53. The number of hydrogen-bond acceptors (Lipinski definition) is 5. The molecular formula is C20H23ClN2O4. The topological polar surface area (TPSA) is 80.6 Å². The van der Waals surface area contributed by atoms with E-state index < -0.39 is 11.5 Å². The smallest absolute Gasteiger partial charge is 0.349 e. The molecule has 2 heterocycles. The molecule has 27 heavy (non-hydrogen) atoms. The first-order chi connectivity index (χ1) is 13.0. The van der Waals surface area contributed by atoms with E-state index in [1.54, 1.807) is 31.2 Å². The van der Waals surface area contributed by atoms with Crippen LogP contribution in [0.5, 0.6) is 5.75 Å². The van der Waals surface area contributed by atoms with Gasteiger partial charge in [0, 0.05) is 5.92 Å². The molecule has 0 unspecified atom stereocenters. The molecule has 0 radical (unpaired) electrons. The molecule has 1 aromatic carbocycles. The molecule has 1 aromatic heterocycles. The predicted octanol–water partition coefficient (Wildman–Crippen LogP) is 3.72. The Hall–Kier alpha value is -2.31. The number of halogens is 1. The van der Waals surface area contributed by atoms with Crippen LogP contribution in [-0.2, 0) is 0 Å². The average molecular weight is 391 g/mol. The molecule has 1 fully saturated rings. The van der Waals surface area contributed by atoms with Gasteiger partial charge in [-0.1, -0.05) is 17.7 Å². The highest BCUT2D eigenvalue weighted by Crippen LogP contribution is 2.33. The van der Waals surface area contributed by atoms with E-state index in [0.29, 0.717) is 34.4 Å². The molecule has 0 aliphatic carbocycles. The zero-order valence-electron chi connectivity index (χ0n) is 15.4. The second-order valence-electron chi connectivity index (χ2n) is 6.52. The van der Waals surface area contributed by atoms with Gasteiger partial charge < -0.3 is 19.8 Å². The molecule has 1 amide bonds. The maximum Gasteiger partial charge on any atom is 0.349 e. The third-order valence-electron chi connectivity index (χ3n) is 4.64. The zero-order chi connectivity index (χ0) is 19.4. The fraction of sp³-hybridized carbons (Fsp3) is 0.400. The number of aryl methyl sites for hydroxylation is 1. The van der Waals surface area contributed by atoms with Gasteiger partial charge in [-0.3, -0.25) is 4.79 Å². The lowest BCUT2D eigenvalue weighted by molar-refractivity contribution is 0.102. The summed E-state index contributed by atoms with van der Waals surface area (Å²) >= 11 is 6.15. The summed E-state index contributed by atoms with van der Waals surface area (Å²) in [6.07, 6.45) is 1.82. The normalized spacial score (nSPS) is 14.8. The Morgan fingerprint density at radius 1 is 1.37 bits per heavy atom. The quantitative estimate of drug-likeness (QED) is 0.813. The van der Waals surface area contributed by atoms with Gasteiger partial charge in [0.1, 0.15) is 11.3 Å². The minimum absolute atomic E-state index is 0.00453. The summed E-state index contributed by atoms with van der Waals surface area (Å²) in [5, 5.41) is 6.39. The first-order valence-electron chi connectivity index (χ1n) is 9.09. The molecule has 0 saturated carbocycles. The number of amides is 1. The van der Waals surface area contributed by atoms with Crippen LogP contribution in [0, 0.1) is 6.92 Å². The van der Waals surface area contributed by atoms with Crippen molar-refractivity contribution in [1.29, 1.82) is 0 Å². The van der Waals surface area contributed by atoms with Crippen molar-refractivity contribution in [3.05, 3.63) is 56.6 Å². The second kappa shape index (κ2) is 8.59. The largest absolute Gasteiger partial charge is 0.490 e. The fourth-order valence-electron chi connectivity index (χ4n) is 3.30. The summed E-state index contributed by atoms with van der Waals surface area (Å²) in [5.41, 5.74) is 0.379. The van der Waals surface area contributed by atoms with Crippen LogP contribution in [-0.4, -0.2) is 25.6 Å². The summed E-state index contributed by atoms with van der Waals surface area (Å²) in [6.45, 7) is 5.76. The van der Waals surface area contributed by atoms with E-state index >= 15 is 0 Å². The van der Waals surface area contributed by atoms with E-state index in [1.807, 2.05) is 6.92 Å². The van der Waals surface area contributed by atoms with Crippen LogP contribution in [0.15, 0.2) is 33.5 Å². The van der Waals surface area contributed by atoms with Crippen molar-refractivity contribution in [2.24, 2.45) is 0 Å². The van der Waals surface area contributed by atoms with Crippen molar-refractivity contribution in [2.75, 3.05) is 25.0 Å². The molecule has 0 atom stereocenters. The number of ether oxygens (including phenoxy) is 1. The molecule has 1 aliphatic heterocycles. The molecule has 6 nitrogen and oxygen atoms in total. The van der Waals surface area contributed by atoms with Crippen LogP contribution in [0.25, 0.3) is 0 Å². The van der Waals surface area contributed by atoms with Gasteiger partial charge in [-0.05, 0) is 63.5 Å². The van der Waals surface area contributed by atoms with Gasteiger partial charge in [-0.25, -0.2) is 4.79 Å². The number of piperidine rings is 1. The summed E-state index contributed by atoms with van der Waals surface area (Å²) in [4.78, 5) is 25.2. The minimum atomic E-state index is -0.624.